The molecule has 0 fully saturated rings. The molecule has 3 N–H and O–H groups in total. The third-order valence-electron chi connectivity index (χ3n) is 3.59. The first kappa shape index (κ1) is 15.2. The first-order chi connectivity index (χ1) is 11.1. The second-order valence-electron chi connectivity index (χ2n) is 5.38. The van der Waals surface area contributed by atoms with Gasteiger partial charge in [-0.15, -0.1) is 0 Å². The van der Waals surface area contributed by atoms with E-state index in [2.05, 4.69) is 9.97 Å². The van der Waals surface area contributed by atoms with Crippen LogP contribution < -0.4 is 10.5 Å². The van der Waals surface area contributed by atoms with Crippen molar-refractivity contribution in [2.45, 2.75) is 19.4 Å². The molecule has 0 aliphatic rings. The largest absolute Gasteiger partial charge is 0.453 e. The number of ether oxygens (including phenoxy) is 1. The Morgan fingerprint density at radius 1 is 1.39 bits per heavy atom. The summed E-state index contributed by atoms with van der Waals surface area (Å²) in [5.74, 6) is 0.144. The number of nitrogens with zero attached hydrogens (tertiary/aromatic N) is 1. The van der Waals surface area contributed by atoms with E-state index in [0.29, 0.717) is 23.2 Å². The smallest absolute Gasteiger partial charge is 0.165 e. The Hall–Kier alpha value is -2.73. The van der Waals surface area contributed by atoms with Crippen LogP contribution in [0.5, 0.6) is 11.5 Å². The molecule has 0 radical (unpaired) electrons. The quantitative estimate of drug-likeness (QED) is 0.710. The third-order valence-corrected chi connectivity index (χ3v) is 3.59. The van der Waals surface area contributed by atoms with Crippen molar-refractivity contribution in [3.63, 3.8) is 0 Å². The molecular formula is C17H16FN3O2. The van der Waals surface area contributed by atoms with Gasteiger partial charge in [0, 0.05) is 12.4 Å². The van der Waals surface area contributed by atoms with Gasteiger partial charge in [0.25, 0.3) is 0 Å². The first-order valence-electron chi connectivity index (χ1n) is 7.18. The molecule has 5 nitrogen and oxygen atoms in total. The van der Waals surface area contributed by atoms with E-state index in [4.69, 9.17) is 10.5 Å². The number of nitrogens with two attached hydrogens (primary N) is 1. The zero-order chi connectivity index (χ0) is 16.4. The minimum atomic E-state index is -0.636. The maximum absolute atomic E-state index is 14.2. The number of aldehydes is 1. The maximum Gasteiger partial charge on any atom is 0.165 e. The average molecular weight is 313 g/mol. The van der Waals surface area contributed by atoms with Crippen LogP contribution in [0.25, 0.3) is 11.0 Å². The number of H-pyrrole nitrogens is 1. The van der Waals surface area contributed by atoms with Crippen LogP contribution in [0.1, 0.15) is 11.1 Å². The second-order valence-corrected chi connectivity index (χ2v) is 5.38. The predicted molar refractivity (Wildman–Crippen MR) is 85.0 cm³/mol. The van der Waals surface area contributed by atoms with Gasteiger partial charge in [0.1, 0.15) is 17.7 Å². The van der Waals surface area contributed by atoms with Crippen molar-refractivity contribution in [2.24, 2.45) is 5.73 Å². The first-order valence-corrected chi connectivity index (χ1v) is 7.18. The number of pyridine rings is 1. The van der Waals surface area contributed by atoms with Crippen molar-refractivity contribution in [1.82, 2.24) is 9.97 Å². The molecule has 1 atom stereocenters. The molecule has 118 valence electrons. The highest BCUT2D eigenvalue weighted by Gasteiger charge is 2.12. The van der Waals surface area contributed by atoms with Crippen LogP contribution in [0.2, 0.25) is 0 Å². The minimum Gasteiger partial charge on any atom is -0.453 e. The Morgan fingerprint density at radius 2 is 2.22 bits per heavy atom. The van der Waals surface area contributed by atoms with Gasteiger partial charge >= 0.3 is 0 Å². The number of hydrogen-bond acceptors (Lipinski definition) is 4. The van der Waals surface area contributed by atoms with Gasteiger partial charge in [-0.25, -0.2) is 9.37 Å². The summed E-state index contributed by atoms with van der Waals surface area (Å²) in [6, 6.07) is 5.63. The molecule has 23 heavy (non-hydrogen) atoms. The van der Waals surface area contributed by atoms with Gasteiger partial charge in [-0.05, 0) is 42.7 Å². The highest BCUT2D eigenvalue weighted by Crippen LogP contribution is 2.32. The van der Waals surface area contributed by atoms with Gasteiger partial charge < -0.3 is 20.2 Å². The lowest BCUT2D eigenvalue weighted by atomic mass is 10.1. The molecule has 0 unspecified atom stereocenters. The number of carbonyl (C=O) groups excluding carboxylic acids is 1. The van der Waals surface area contributed by atoms with Gasteiger partial charge in [-0.2, -0.15) is 0 Å². The lowest BCUT2D eigenvalue weighted by Gasteiger charge is -2.10. The van der Waals surface area contributed by atoms with Crippen molar-refractivity contribution in [1.29, 1.82) is 0 Å². The molecule has 3 aromatic rings. The number of hydrogen-bond donors (Lipinski definition) is 2. The molecule has 0 aliphatic carbocycles. The van der Waals surface area contributed by atoms with Gasteiger partial charge in [-0.1, -0.05) is 6.07 Å². The van der Waals surface area contributed by atoms with E-state index in [-0.39, 0.29) is 12.2 Å². The molecule has 0 aliphatic heterocycles. The van der Waals surface area contributed by atoms with E-state index >= 15 is 0 Å². The van der Waals surface area contributed by atoms with Gasteiger partial charge in [0.15, 0.2) is 11.6 Å². The Bertz CT molecular complexity index is 860. The summed E-state index contributed by atoms with van der Waals surface area (Å²) < 4.78 is 20.0. The summed E-state index contributed by atoms with van der Waals surface area (Å²) in [5, 5.41) is 0.818. The number of aromatic nitrogens is 2. The highest BCUT2D eigenvalue weighted by atomic mass is 19.1. The molecule has 0 amide bonds. The SMILES string of the molecule is Cc1c[nH]c2nccc(Oc3ccc(C[C@H](N)C=O)cc3F)c12. The number of rotatable bonds is 5. The van der Waals surface area contributed by atoms with E-state index in [1.165, 1.54) is 12.1 Å². The number of carbonyl (C=O) groups is 1. The highest BCUT2D eigenvalue weighted by molar-refractivity contribution is 5.86. The Kier molecular flexibility index (Phi) is 4.08. The van der Waals surface area contributed by atoms with E-state index in [0.717, 1.165) is 10.9 Å². The van der Waals surface area contributed by atoms with E-state index < -0.39 is 11.9 Å². The molecule has 0 bridgehead atoms. The van der Waals surface area contributed by atoms with Gasteiger partial charge in [0.05, 0.1) is 11.4 Å². The molecule has 6 heteroatoms. The van der Waals surface area contributed by atoms with Crippen LogP contribution in [0, 0.1) is 12.7 Å². The van der Waals surface area contributed by atoms with Crippen molar-refractivity contribution >= 4 is 17.3 Å². The molecule has 0 saturated carbocycles. The summed E-state index contributed by atoms with van der Waals surface area (Å²) in [7, 11) is 0. The zero-order valence-electron chi connectivity index (χ0n) is 12.5. The monoisotopic (exact) mass is 313 g/mol. The van der Waals surface area contributed by atoms with Crippen LogP contribution in [0.15, 0.2) is 36.7 Å². The fourth-order valence-electron chi connectivity index (χ4n) is 2.46. The van der Waals surface area contributed by atoms with Gasteiger partial charge in [0.2, 0.25) is 0 Å². The van der Waals surface area contributed by atoms with E-state index in [1.807, 2.05) is 13.1 Å². The number of fused-ring (bicyclic) bond motifs is 1. The minimum absolute atomic E-state index is 0.113. The van der Waals surface area contributed by atoms with Crippen LogP contribution >= 0.6 is 0 Å². The Morgan fingerprint density at radius 3 is 2.96 bits per heavy atom. The standard InChI is InChI=1S/C17H16FN3O2/c1-10-8-21-17-16(10)15(4-5-20-17)23-14-3-2-11(7-13(14)18)6-12(19)9-22/h2-5,7-9,12H,6,19H2,1H3,(H,20,21)/t12-/m0/s1. The zero-order valence-corrected chi connectivity index (χ0v) is 12.5. The fourth-order valence-corrected chi connectivity index (χ4v) is 2.46. The average Bonchev–Trinajstić information content (AvgIpc) is 2.92. The van der Waals surface area contributed by atoms with Crippen LogP contribution in [0.3, 0.4) is 0 Å². The van der Waals surface area contributed by atoms with E-state index in [1.54, 1.807) is 18.3 Å². The van der Waals surface area contributed by atoms with Crippen LogP contribution in [-0.4, -0.2) is 22.3 Å². The van der Waals surface area contributed by atoms with Crippen LogP contribution in [-0.2, 0) is 11.2 Å². The summed E-state index contributed by atoms with van der Waals surface area (Å²) in [4.78, 5) is 17.8. The fraction of sp³-hybridized carbons (Fsp3) is 0.176. The Labute approximate surface area is 132 Å². The number of halogens is 1. The molecule has 0 saturated heterocycles. The molecule has 2 heterocycles. The van der Waals surface area contributed by atoms with E-state index in [9.17, 15) is 9.18 Å². The predicted octanol–water partition coefficient (Wildman–Crippen LogP) is 2.87. The molecule has 2 aromatic heterocycles. The molecule has 1 aromatic carbocycles. The van der Waals surface area contributed by atoms with Crippen LogP contribution in [0.4, 0.5) is 4.39 Å². The molecular weight excluding hydrogens is 297 g/mol. The lowest BCUT2D eigenvalue weighted by molar-refractivity contribution is -0.108. The van der Waals surface area contributed by atoms with Gasteiger partial charge in [-0.3, -0.25) is 0 Å². The normalized spacial score (nSPS) is 12.3. The molecule has 3 rings (SSSR count). The number of aryl methyl sites for hydroxylation is 1. The maximum atomic E-state index is 14.2. The Balaban J connectivity index is 1.90. The summed E-state index contributed by atoms with van der Waals surface area (Å²) in [6.45, 7) is 1.92. The van der Waals surface area contributed by atoms with Crippen molar-refractivity contribution in [3.8, 4) is 11.5 Å². The number of aromatic amines is 1. The second kappa shape index (κ2) is 6.18. The summed E-state index contributed by atoms with van der Waals surface area (Å²) in [5.41, 5.74) is 7.86. The number of benzene rings is 1. The molecule has 0 spiro atoms. The third kappa shape index (κ3) is 3.07. The van der Waals surface area contributed by atoms with Crippen molar-refractivity contribution in [2.75, 3.05) is 0 Å². The van der Waals surface area contributed by atoms with Crippen molar-refractivity contribution in [3.05, 3.63) is 53.6 Å². The summed E-state index contributed by atoms with van der Waals surface area (Å²) >= 11 is 0. The summed E-state index contributed by atoms with van der Waals surface area (Å²) in [6.07, 6.45) is 4.36. The number of nitrogens with one attached hydrogen (secondary N) is 1. The lowest BCUT2D eigenvalue weighted by Crippen LogP contribution is -2.24. The van der Waals surface area contributed by atoms with Crippen molar-refractivity contribution < 1.29 is 13.9 Å². The topological polar surface area (TPSA) is 81.0 Å².